The van der Waals surface area contributed by atoms with Gasteiger partial charge in [-0.15, -0.1) is 0 Å². The summed E-state index contributed by atoms with van der Waals surface area (Å²) in [6.45, 7) is 0. The molecule has 0 unspecified atom stereocenters. The van der Waals surface area contributed by atoms with Crippen LogP contribution in [0.1, 0.15) is 25.7 Å². The van der Waals surface area contributed by atoms with Gasteiger partial charge in [0.15, 0.2) is 0 Å². The summed E-state index contributed by atoms with van der Waals surface area (Å²) in [4.78, 5) is 0. The van der Waals surface area contributed by atoms with E-state index in [2.05, 4.69) is 27.2 Å². The minimum atomic E-state index is 0.482. The summed E-state index contributed by atoms with van der Waals surface area (Å²) >= 11 is 0.482. The first-order valence-corrected chi connectivity index (χ1v) is 6.46. The molecule has 0 amide bonds. The van der Waals surface area contributed by atoms with Gasteiger partial charge in [0.2, 0.25) is 0 Å². The van der Waals surface area contributed by atoms with Crippen molar-refractivity contribution in [3.63, 3.8) is 0 Å². The van der Waals surface area contributed by atoms with Gasteiger partial charge in [0, 0.05) is 0 Å². The van der Waals surface area contributed by atoms with Crippen molar-refractivity contribution in [3.05, 3.63) is 24.3 Å². The first-order chi connectivity index (χ1) is 5.41. The van der Waals surface area contributed by atoms with Gasteiger partial charge in [-0.1, -0.05) is 24.3 Å². The normalized spacial score (nSPS) is 21.9. The average molecular weight is 256 g/mol. The Hall–Kier alpha value is 0.310. The Morgan fingerprint density at radius 1 is 1.09 bits per heavy atom. The molecule has 1 aliphatic rings. The van der Waals surface area contributed by atoms with Gasteiger partial charge in [-0.05, 0) is 25.7 Å². The van der Waals surface area contributed by atoms with Crippen molar-refractivity contribution in [2.45, 2.75) is 25.7 Å². The second-order valence-electron chi connectivity index (χ2n) is 2.55. The summed E-state index contributed by atoms with van der Waals surface area (Å²) < 4.78 is 4.46. The van der Waals surface area contributed by atoms with Gasteiger partial charge in [0.1, 0.15) is 0 Å². The van der Waals surface area contributed by atoms with Crippen LogP contribution in [0.4, 0.5) is 0 Å². The fourth-order valence-electron chi connectivity index (χ4n) is 0.874. The Labute approximate surface area is 84.7 Å². The summed E-state index contributed by atoms with van der Waals surface area (Å²) in [6.07, 6.45) is 14.0. The van der Waals surface area contributed by atoms with Gasteiger partial charge in [-0.2, -0.15) is 0 Å². The van der Waals surface area contributed by atoms with Crippen LogP contribution in [0, 0.1) is 0 Å². The first kappa shape index (κ1) is 11.3. The second kappa shape index (κ2) is 10.3. The number of rotatable bonds is 0. The summed E-state index contributed by atoms with van der Waals surface area (Å²) in [6, 6.07) is 0. The van der Waals surface area contributed by atoms with Gasteiger partial charge < -0.3 is 0 Å². The van der Waals surface area contributed by atoms with Crippen LogP contribution in [0.15, 0.2) is 24.3 Å². The molecule has 1 nitrogen and oxygen atoms in total. The van der Waals surface area contributed by atoms with Gasteiger partial charge in [-0.3, -0.25) is 0 Å². The van der Waals surface area contributed by atoms with E-state index in [0.717, 1.165) is 0 Å². The molecule has 0 radical (unpaired) electrons. The number of hydrogen-bond donors (Lipinski definition) is 0. The molecular weight excluding hydrogens is 239 g/mol. The van der Waals surface area contributed by atoms with Crippen molar-refractivity contribution in [1.29, 1.82) is 0 Å². The van der Waals surface area contributed by atoms with Crippen LogP contribution in [0.3, 0.4) is 0 Å². The van der Waals surface area contributed by atoms with E-state index in [1.54, 1.807) is 7.11 Å². The molecule has 0 spiro atoms. The van der Waals surface area contributed by atoms with Crippen molar-refractivity contribution in [1.82, 2.24) is 0 Å². The molecule has 0 saturated heterocycles. The number of hydrogen-bond acceptors (Lipinski definition) is 1. The maximum atomic E-state index is 4.46. The number of allylic oxidation sites excluding steroid dienone is 4. The van der Waals surface area contributed by atoms with E-state index in [1.807, 2.05) is 0 Å². The van der Waals surface area contributed by atoms with E-state index in [-0.39, 0.29) is 0 Å². The van der Waals surface area contributed by atoms with Gasteiger partial charge in [-0.25, -0.2) is 0 Å². The molecule has 0 fully saturated rings. The van der Waals surface area contributed by atoms with Crippen molar-refractivity contribution >= 4 is 24.8 Å². The molecule has 62 valence electrons. The Kier molecular flexibility index (Phi) is 10.6. The molecule has 1 aliphatic carbocycles. The zero-order valence-electron chi connectivity index (χ0n) is 7.55. The minimum absolute atomic E-state index is 0.482. The van der Waals surface area contributed by atoms with Gasteiger partial charge >= 0.3 is 34.8 Å². The van der Waals surface area contributed by atoms with Crippen molar-refractivity contribution in [3.8, 4) is 0 Å². The molecular formula is C9H17InO. The van der Waals surface area contributed by atoms with Crippen LogP contribution in [-0.4, -0.2) is 31.9 Å². The summed E-state index contributed by atoms with van der Waals surface area (Å²) in [7, 11) is 1.72. The molecule has 0 N–H and O–H groups in total. The molecule has 0 aliphatic heterocycles. The van der Waals surface area contributed by atoms with Crippen LogP contribution in [0.2, 0.25) is 0 Å². The fraction of sp³-hybridized carbons (Fsp3) is 0.556. The molecule has 0 atom stereocenters. The van der Waals surface area contributed by atoms with E-state index in [1.165, 1.54) is 25.7 Å². The maximum absolute atomic E-state index is 4.46. The van der Waals surface area contributed by atoms with E-state index >= 15 is 0 Å². The predicted molar refractivity (Wildman–Crippen MR) is 52.3 cm³/mol. The zero-order valence-corrected chi connectivity index (χ0v) is 13.3. The molecule has 0 aromatic carbocycles. The molecule has 2 heteroatoms. The predicted octanol–water partition coefficient (Wildman–Crippen LogP) is 1.85. The van der Waals surface area contributed by atoms with Crippen molar-refractivity contribution in [2.24, 2.45) is 0 Å². The molecule has 0 heterocycles. The monoisotopic (exact) mass is 256 g/mol. The molecule has 11 heavy (non-hydrogen) atoms. The third-order valence-corrected chi connectivity index (χ3v) is 1.37. The first-order valence-electron chi connectivity index (χ1n) is 4.13. The summed E-state index contributed by atoms with van der Waals surface area (Å²) in [5.74, 6) is 0. The van der Waals surface area contributed by atoms with Gasteiger partial charge in [0.25, 0.3) is 0 Å². The van der Waals surface area contributed by atoms with Crippen LogP contribution < -0.4 is 0 Å². The molecule has 0 saturated carbocycles. The van der Waals surface area contributed by atoms with Crippen LogP contribution >= 0.6 is 0 Å². The van der Waals surface area contributed by atoms with E-state index in [4.69, 9.17) is 0 Å². The topological polar surface area (TPSA) is 9.23 Å². The van der Waals surface area contributed by atoms with Crippen molar-refractivity contribution < 1.29 is 2.85 Å². The van der Waals surface area contributed by atoms with Crippen molar-refractivity contribution in [2.75, 3.05) is 7.11 Å². The molecule has 0 aromatic rings. The Morgan fingerprint density at radius 3 is 1.82 bits per heavy atom. The second-order valence-corrected chi connectivity index (χ2v) is 4.88. The standard InChI is InChI=1S/C8H12.CH3O.In.2H/c1-2-4-6-8-7-5-3-1;1-2;;;/h1-4H,5-8H2;1H3;;;/q;-1;+1;;/b3-1-,4-2-;;;;. The average Bonchev–Trinajstić information content (AvgIpc) is 1.86. The van der Waals surface area contributed by atoms with Crippen LogP contribution in [0.5, 0.6) is 0 Å². The van der Waals surface area contributed by atoms with Gasteiger partial charge in [0.05, 0.1) is 0 Å². The van der Waals surface area contributed by atoms with E-state index < -0.39 is 0 Å². The van der Waals surface area contributed by atoms with Crippen LogP contribution in [0.25, 0.3) is 0 Å². The summed E-state index contributed by atoms with van der Waals surface area (Å²) in [5, 5.41) is 0. The fourth-order valence-corrected chi connectivity index (χ4v) is 0.874. The molecule has 1 rings (SSSR count). The van der Waals surface area contributed by atoms with E-state index in [0.29, 0.717) is 24.8 Å². The van der Waals surface area contributed by atoms with E-state index in [9.17, 15) is 0 Å². The van der Waals surface area contributed by atoms with Crippen LogP contribution in [-0.2, 0) is 2.85 Å². The Balaban J connectivity index is 0.000000292. The molecule has 0 aromatic heterocycles. The zero-order chi connectivity index (χ0) is 8.36. The molecule has 0 bridgehead atoms. The summed E-state index contributed by atoms with van der Waals surface area (Å²) in [5.41, 5.74) is 0. The Bertz CT molecular complexity index is 105. The third-order valence-electron chi connectivity index (χ3n) is 1.37. The quantitative estimate of drug-likeness (QED) is 0.642. The Morgan fingerprint density at radius 2 is 1.45 bits per heavy atom. The third kappa shape index (κ3) is 10.3. The SMILES string of the molecule is C1=C\CCCC\C=C/1.C[O][InH2].